The highest BCUT2D eigenvalue weighted by molar-refractivity contribution is 7.45. The molecule has 14 heavy (non-hydrogen) atoms. The van der Waals surface area contributed by atoms with Crippen LogP contribution in [0.15, 0.2) is 21.9 Å². The van der Waals surface area contributed by atoms with Crippen LogP contribution in [0, 0.1) is 0 Å². The van der Waals surface area contributed by atoms with E-state index in [-0.39, 0.29) is 0 Å². The lowest BCUT2D eigenvalue weighted by Crippen LogP contribution is -2.28. The molecule has 0 aliphatic rings. The van der Waals surface area contributed by atoms with Crippen LogP contribution in [0.1, 0.15) is 0 Å². The highest BCUT2D eigenvalue weighted by Crippen LogP contribution is 2.25. The number of nitrogens with one attached hydrogen (secondary N) is 1. The van der Waals surface area contributed by atoms with Crippen molar-refractivity contribution in [2.24, 2.45) is 0 Å². The van der Waals surface area contributed by atoms with Gasteiger partial charge in [-0.15, -0.1) is 0 Å². The summed E-state index contributed by atoms with van der Waals surface area (Å²) in [6, 6.07) is 0.918. The molecule has 80 valence electrons. The SMILES string of the molecule is O=P(O)(O)O.O=c1cc[nH]c(=O)n1F. The first-order valence-corrected chi connectivity index (χ1v) is 4.53. The lowest BCUT2D eigenvalue weighted by atomic mass is 10.7. The zero-order valence-corrected chi connectivity index (χ0v) is 7.39. The van der Waals surface area contributed by atoms with Crippen LogP contribution >= 0.6 is 7.82 Å². The standard InChI is InChI=1S/C4H3FN2O2.H3O4P/c5-7-3(8)1-2-6-4(7)9;1-5(2,3)4/h1-2H,(H,6,9);(H3,1,2,3,4). The van der Waals surface area contributed by atoms with E-state index < -0.39 is 23.9 Å². The molecule has 0 aliphatic heterocycles. The monoisotopic (exact) mass is 228 g/mol. The molecule has 0 aliphatic carbocycles. The number of rotatable bonds is 0. The molecule has 0 saturated carbocycles. The molecule has 1 rings (SSSR count). The number of hydrogen-bond donors (Lipinski definition) is 4. The van der Waals surface area contributed by atoms with Gasteiger partial charge in [0.1, 0.15) is 0 Å². The normalized spacial score (nSPS) is 10.3. The van der Waals surface area contributed by atoms with E-state index in [2.05, 4.69) is 0 Å². The topological polar surface area (TPSA) is 133 Å². The number of aromatic amines is 1. The molecule has 10 heteroatoms. The fourth-order valence-corrected chi connectivity index (χ4v) is 0.406. The van der Waals surface area contributed by atoms with Crippen LogP contribution < -0.4 is 11.2 Å². The van der Waals surface area contributed by atoms with Gasteiger partial charge in [0.15, 0.2) is 0 Å². The van der Waals surface area contributed by atoms with Crippen LogP contribution in [-0.2, 0) is 4.57 Å². The van der Waals surface area contributed by atoms with Gasteiger partial charge in [0, 0.05) is 12.3 Å². The van der Waals surface area contributed by atoms with E-state index in [1.165, 1.54) is 0 Å². The van der Waals surface area contributed by atoms with Crippen molar-refractivity contribution in [1.29, 1.82) is 0 Å². The van der Waals surface area contributed by atoms with Crippen molar-refractivity contribution in [2.45, 2.75) is 0 Å². The minimum Gasteiger partial charge on any atom is -0.312 e. The molecular formula is C4H6FN2O6P. The minimum atomic E-state index is -4.64. The molecule has 0 bridgehead atoms. The molecule has 0 atom stereocenters. The first-order chi connectivity index (χ1) is 6.22. The molecule has 0 fully saturated rings. The first kappa shape index (κ1) is 12.7. The fraction of sp³-hybridized carbons (Fsp3) is 0. The predicted octanol–water partition coefficient (Wildman–Crippen LogP) is -1.66. The van der Waals surface area contributed by atoms with Crippen molar-refractivity contribution in [3.05, 3.63) is 33.1 Å². The summed E-state index contributed by atoms with van der Waals surface area (Å²) in [4.78, 5) is 43.4. The van der Waals surface area contributed by atoms with Gasteiger partial charge in [-0.2, -0.15) is 0 Å². The van der Waals surface area contributed by atoms with E-state index in [1.807, 2.05) is 4.98 Å². The van der Waals surface area contributed by atoms with Gasteiger partial charge in [0.05, 0.1) is 0 Å². The lowest BCUT2D eigenvalue weighted by molar-refractivity contribution is 0.275. The third-order valence-electron chi connectivity index (χ3n) is 0.805. The zero-order chi connectivity index (χ0) is 11.4. The van der Waals surface area contributed by atoms with Crippen LogP contribution in [0.4, 0.5) is 4.48 Å². The molecule has 0 aromatic carbocycles. The molecule has 0 spiro atoms. The maximum Gasteiger partial charge on any atom is 0.466 e. The Kier molecular flexibility index (Phi) is 4.38. The van der Waals surface area contributed by atoms with Crippen molar-refractivity contribution >= 4 is 7.82 Å². The number of hydrogen-bond acceptors (Lipinski definition) is 3. The Bertz CT molecular complexity index is 409. The second-order valence-corrected chi connectivity index (χ2v) is 2.94. The van der Waals surface area contributed by atoms with Gasteiger partial charge in [-0.3, -0.25) is 4.79 Å². The third-order valence-corrected chi connectivity index (χ3v) is 0.805. The van der Waals surface area contributed by atoms with E-state index >= 15 is 0 Å². The Labute approximate surface area is 75.4 Å². The number of aromatic nitrogens is 2. The van der Waals surface area contributed by atoms with Gasteiger partial charge in [-0.1, -0.05) is 9.27 Å². The van der Waals surface area contributed by atoms with Crippen molar-refractivity contribution in [2.75, 3.05) is 0 Å². The predicted molar refractivity (Wildman–Crippen MR) is 42.1 cm³/mol. The van der Waals surface area contributed by atoms with E-state index in [4.69, 9.17) is 19.2 Å². The van der Waals surface area contributed by atoms with Gasteiger partial charge < -0.3 is 19.7 Å². The summed E-state index contributed by atoms with van der Waals surface area (Å²) in [5.74, 6) is 0. The van der Waals surface area contributed by atoms with Crippen molar-refractivity contribution < 1.29 is 23.7 Å². The third kappa shape index (κ3) is 6.26. The molecule has 8 nitrogen and oxygen atoms in total. The van der Waals surface area contributed by atoms with E-state index in [1.54, 1.807) is 0 Å². The minimum absolute atomic E-state index is 0.500. The second-order valence-electron chi connectivity index (χ2n) is 1.92. The van der Waals surface area contributed by atoms with Gasteiger partial charge in [0.25, 0.3) is 5.56 Å². The van der Waals surface area contributed by atoms with Gasteiger partial charge in [-0.25, -0.2) is 9.36 Å². The maximum atomic E-state index is 12.0. The van der Waals surface area contributed by atoms with Crippen LogP contribution in [0.5, 0.6) is 0 Å². The molecule has 1 aromatic rings. The quantitative estimate of drug-likeness (QED) is 0.393. The number of H-pyrrole nitrogens is 1. The highest BCUT2D eigenvalue weighted by Gasteiger charge is 2.00. The molecule has 0 saturated heterocycles. The molecule has 0 amide bonds. The van der Waals surface area contributed by atoms with Crippen molar-refractivity contribution in [3.8, 4) is 0 Å². The molecule has 0 radical (unpaired) electrons. The molecule has 4 N–H and O–H groups in total. The van der Waals surface area contributed by atoms with Crippen LogP contribution in [0.3, 0.4) is 0 Å². The Morgan fingerprint density at radius 2 is 1.79 bits per heavy atom. The van der Waals surface area contributed by atoms with E-state index in [9.17, 15) is 14.1 Å². The summed E-state index contributed by atoms with van der Waals surface area (Å²) in [6.45, 7) is 0. The Hall–Kier alpha value is -1.28. The Morgan fingerprint density at radius 3 is 2.07 bits per heavy atom. The fourth-order valence-electron chi connectivity index (χ4n) is 0.406. The Balaban J connectivity index is 0.000000292. The van der Waals surface area contributed by atoms with Crippen LogP contribution in [0.2, 0.25) is 0 Å². The van der Waals surface area contributed by atoms with Crippen molar-refractivity contribution in [1.82, 2.24) is 9.77 Å². The molecular weight excluding hydrogens is 222 g/mol. The van der Waals surface area contributed by atoms with Crippen LogP contribution in [0.25, 0.3) is 0 Å². The second kappa shape index (κ2) is 4.82. The Morgan fingerprint density at radius 1 is 1.36 bits per heavy atom. The average molecular weight is 228 g/mol. The zero-order valence-electron chi connectivity index (χ0n) is 6.49. The van der Waals surface area contributed by atoms with E-state index in [0.29, 0.717) is 0 Å². The smallest absolute Gasteiger partial charge is 0.312 e. The highest BCUT2D eigenvalue weighted by atomic mass is 31.2. The summed E-state index contributed by atoms with van der Waals surface area (Å²) in [5, 5.41) is 0. The van der Waals surface area contributed by atoms with Crippen molar-refractivity contribution in [3.63, 3.8) is 0 Å². The first-order valence-electron chi connectivity index (χ1n) is 2.97. The van der Waals surface area contributed by atoms with Gasteiger partial charge in [-0.05, 0) is 0 Å². The summed E-state index contributed by atoms with van der Waals surface area (Å²) in [7, 11) is -4.64. The molecule has 1 aromatic heterocycles. The summed E-state index contributed by atoms with van der Waals surface area (Å²) >= 11 is 0. The summed E-state index contributed by atoms with van der Waals surface area (Å²) < 4.78 is 20.9. The van der Waals surface area contributed by atoms with Gasteiger partial charge >= 0.3 is 13.5 Å². The number of halogens is 1. The largest absolute Gasteiger partial charge is 0.466 e. The summed E-state index contributed by atoms with van der Waals surface area (Å²) in [6.07, 6.45) is 1.08. The average Bonchev–Trinajstić information content (AvgIpc) is 1.97. The number of phosphoric acid groups is 1. The van der Waals surface area contributed by atoms with Gasteiger partial charge in [0.2, 0.25) is 0 Å². The molecule has 0 unspecified atom stereocenters. The molecule has 1 heterocycles. The lowest BCUT2D eigenvalue weighted by Gasteiger charge is -1.83. The number of nitrogens with zero attached hydrogens (tertiary/aromatic N) is 1. The summed E-state index contributed by atoms with van der Waals surface area (Å²) in [5.41, 5.74) is -2.01. The van der Waals surface area contributed by atoms with E-state index in [0.717, 1.165) is 12.3 Å². The van der Waals surface area contributed by atoms with Crippen LogP contribution in [-0.4, -0.2) is 24.5 Å². The maximum absolute atomic E-state index is 12.0.